The lowest BCUT2D eigenvalue weighted by Crippen LogP contribution is -2.41. The molecular weight excluding hydrogens is 472 g/mol. The third kappa shape index (κ3) is 3.69. The van der Waals surface area contributed by atoms with E-state index in [9.17, 15) is 14.4 Å². The van der Waals surface area contributed by atoms with Crippen LogP contribution in [0.2, 0.25) is 0 Å². The fourth-order valence-corrected chi connectivity index (χ4v) is 5.54. The molecule has 1 heterocycles. The fraction of sp³-hybridized carbons (Fsp3) is 0.233. The molecule has 0 spiro atoms. The zero-order valence-corrected chi connectivity index (χ0v) is 20.8. The first kappa shape index (κ1) is 24.3. The van der Waals surface area contributed by atoms with Gasteiger partial charge in [-0.15, -0.1) is 0 Å². The van der Waals surface area contributed by atoms with E-state index in [1.165, 1.54) is 21.3 Å². The van der Waals surface area contributed by atoms with Gasteiger partial charge in [0, 0.05) is 17.5 Å². The quantitative estimate of drug-likeness (QED) is 0.281. The number of carbonyl (C=O) groups is 3. The second-order valence-electron chi connectivity index (χ2n) is 9.19. The van der Waals surface area contributed by atoms with Gasteiger partial charge in [0.05, 0.1) is 21.3 Å². The predicted octanol–water partition coefficient (Wildman–Crippen LogP) is 4.91. The van der Waals surface area contributed by atoms with E-state index < -0.39 is 28.7 Å². The molecule has 188 valence electrons. The van der Waals surface area contributed by atoms with Crippen molar-refractivity contribution >= 4 is 40.2 Å². The Labute approximate surface area is 214 Å². The van der Waals surface area contributed by atoms with Gasteiger partial charge in [-0.05, 0) is 28.8 Å². The van der Waals surface area contributed by atoms with Gasteiger partial charge in [0.25, 0.3) is 0 Å². The summed E-state index contributed by atoms with van der Waals surface area (Å²) in [6.07, 6.45) is 1.32. The zero-order valence-electron chi connectivity index (χ0n) is 20.8. The number of methoxy groups -OCH3 is 3. The van der Waals surface area contributed by atoms with Crippen molar-refractivity contribution in [2.45, 2.75) is 12.8 Å². The van der Waals surface area contributed by atoms with Crippen LogP contribution < -0.4 is 0 Å². The van der Waals surface area contributed by atoms with Crippen LogP contribution in [0.25, 0.3) is 22.3 Å². The molecule has 3 aromatic rings. The maximum Gasteiger partial charge on any atom is 0.323 e. The Morgan fingerprint density at radius 3 is 2.05 bits per heavy atom. The number of benzene rings is 3. The Balaban J connectivity index is 1.86. The molecule has 1 saturated carbocycles. The molecule has 7 nitrogen and oxygen atoms in total. The lowest BCUT2D eigenvalue weighted by Gasteiger charge is -2.33. The first-order chi connectivity index (χ1) is 17.9. The summed E-state index contributed by atoms with van der Waals surface area (Å²) in [6, 6.07) is 22.9. The van der Waals surface area contributed by atoms with Crippen LogP contribution in [0, 0.1) is 10.8 Å². The summed E-state index contributed by atoms with van der Waals surface area (Å²) in [5.41, 5.74) is -1.29. The average Bonchev–Trinajstić information content (AvgIpc) is 3.33. The van der Waals surface area contributed by atoms with Crippen molar-refractivity contribution < 1.29 is 33.3 Å². The number of hydrogen-bond donors (Lipinski definition) is 0. The van der Waals surface area contributed by atoms with E-state index in [-0.39, 0.29) is 12.8 Å². The molecule has 0 bridgehead atoms. The maximum atomic E-state index is 13.6. The van der Waals surface area contributed by atoms with Crippen LogP contribution >= 0.6 is 0 Å². The summed E-state index contributed by atoms with van der Waals surface area (Å²) in [7, 11) is 3.71. The number of hydrogen-bond acceptors (Lipinski definition) is 7. The number of rotatable bonds is 5. The number of ether oxygens (including phenoxy) is 4. The third-order valence-electron chi connectivity index (χ3n) is 7.26. The molecule has 1 atom stereocenters. The van der Waals surface area contributed by atoms with Gasteiger partial charge in [0.2, 0.25) is 0 Å². The molecule has 1 aliphatic heterocycles. The monoisotopic (exact) mass is 498 g/mol. The van der Waals surface area contributed by atoms with E-state index in [4.69, 9.17) is 18.9 Å². The van der Waals surface area contributed by atoms with E-state index in [1.807, 2.05) is 72.8 Å². The number of esters is 3. The van der Waals surface area contributed by atoms with Crippen LogP contribution in [0.15, 0.2) is 84.4 Å². The summed E-state index contributed by atoms with van der Waals surface area (Å²) in [5.74, 6) is -1.35. The summed E-state index contributed by atoms with van der Waals surface area (Å²) in [4.78, 5) is 40.0. The lowest BCUT2D eigenvalue weighted by atomic mass is 9.76. The van der Waals surface area contributed by atoms with Crippen molar-refractivity contribution in [2.24, 2.45) is 10.8 Å². The Morgan fingerprint density at radius 2 is 1.38 bits per heavy atom. The number of fused-ring (bicyclic) bond motifs is 2. The molecule has 5 rings (SSSR count). The van der Waals surface area contributed by atoms with Crippen LogP contribution in [0.1, 0.15) is 24.0 Å². The minimum absolute atomic E-state index is 0.126. The van der Waals surface area contributed by atoms with E-state index in [0.717, 1.165) is 21.9 Å². The van der Waals surface area contributed by atoms with Gasteiger partial charge < -0.3 is 18.9 Å². The van der Waals surface area contributed by atoms with E-state index in [2.05, 4.69) is 0 Å². The van der Waals surface area contributed by atoms with Crippen molar-refractivity contribution in [3.05, 3.63) is 95.6 Å². The first-order valence-electron chi connectivity index (χ1n) is 11.8. The highest BCUT2D eigenvalue weighted by atomic mass is 16.5. The highest BCUT2D eigenvalue weighted by Crippen LogP contribution is 2.61. The molecule has 1 aliphatic carbocycles. The lowest BCUT2D eigenvalue weighted by molar-refractivity contribution is -0.169. The van der Waals surface area contributed by atoms with Gasteiger partial charge >= 0.3 is 17.9 Å². The minimum atomic E-state index is -1.76. The summed E-state index contributed by atoms with van der Waals surface area (Å²) < 4.78 is 22.0. The van der Waals surface area contributed by atoms with Crippen LogP contribution in [0.5, 0.6) is 0 Å². The van der Waals surface area contributed by atoms with Gasteiger partial charge in [-0.25, -0.2) is 0 Å². The number of carbonyl (C=O) groups excluding carboxylic acids is 3. The van der Waals surface area contributed by atoms with Gasteiger partial charge in [-0.3, -0.25) is 14.4 Å². The highest BCUT2D eigenvalue weighted by molar-refractivity contribution is 6.06. The van der Waals surface area contributed by atoms with Crippen molar-refractivity contribution in [1.82, 2.24) is 0 Å². The van der Waals surface area contributed by atoms with Crippen molar-refractivity contribution in [3.8, 4) is 0 Å². The average molecular weight is 499 g/mol. The van der Waals surface area contributed by atoms with E-state index in [1.54, 1.807) is 6.08 Å². The zero-order chi connectivity index (χ0) is 26.2. The molecule has 3 aromatic carbocycles. The maximum absolute atomic E-state index is 13.6. The van der Waals surface area contributed by atoms with Gasteiger partial charge in [0.15, 0.2) is 5.41 Å². The molecule has 0 N–H and O–H groups in total. The van der Waals surface area contributed by atoms with Crippen LogP contribution in [-0.4, -0.2) is 39.2 Å². The van der Waals surface area contributed by atoms with Crippen LogP contribution in [0.4, 0.5) is 0 Å². The molecule has 7 heteroatoms. The molecule has 2 aliphatic rings. The highest BCUT2D eigenvalue weighted by Gasteiger charge is 2.66. The normalized spacial score (nSPS) is 19.9. The Hall–Kier alpha value is -4.39. The van der Waals surface area contributed by atoms with Crippen LogP contribution in [-0.2, 0) is 33.3 Å². The molecule has 0 amide bonds. The Kier molecular flexibility index (Phi) is 6.07. The largest absolute Gasteiger partial charge is 0.468 e. The second-order valence-corrected chi connectivity index (χ2v) is 9.19. The molecular formula is C30H26O7. The van der Waals surface area contributed by atoms with Gasteiger partial charge in [-0.1, -0.05) is 72.8 Å². The Bertz CT molecular complexity index is 1450. The topological polar surface area (TPSA) is 88.1 Å². The molecule has 1 unspecified atom stereocenters. The minimum Gasteiger partial charge on any atom is -0.468 e. The first-order valence-corrected chi connectivity index (χ1v) is 11.8. The molecule has 37 heavy (non-hydrogen) atoms. The smallest absolute Gasteiger partial charge is 0.323 e. The molecule has 1 fully saturated rings. The standard InChI is InChI=1S/C30H26O7/c1-34-26(31)29-17-24(20-11-5-4-6-12-20)37-25(22-15-9-13-19-10-7-8-14-21(19)22)23(29)16-30(18-29,27(32)35-2)28(33)36-3/h4-15,17H,16,18H2,1-3H3. The van der Waals surface area contributed by atoms with Crippen molar-refractivity contribution in [2.75, 3.05) is 21.3 Å². The third-order valence-corrected chi connectivity index (χ3v) is 7.26. The van der Waals surface area contributed by atoms with E-state index >= 15 is 0 Å². The van der Waals surface area contributed by atoms with Crippen LogP contribution in [0.3, 0.4) is 0 Å². The molecule has 0 radical (unpaired) electrons. The summed E-state index contributed by atoms with van der Waals surface area (Å²) in [6.45, 7) is 0. The van der Waals surface area contributed by atoms with Crippen molar-refractivity contribution in [3.63, 3.8) is 0 Å². The molecule has 0 aromatic heterocycles. The van der Waals surface area contributed by atoms with Gasteiger partial charge in [-0.2, -0.15) is 0 Å². The van der Waals surface area contributed by atoms with Gasteiger partial charge in [0.1, 0.15) is 16.9 Å². The van der Waals surface area contributed by atoms with E-state index in [0.29, 0.717) is 17.1 Å². The fourth-order valence-electron chi connectivity index (χ4n) is 5.54. The Morgan fingerprint density at radius 1 is 0.757 bits per heavy atom. The summed E-state index contributed by atoms with van der Waals surface area (Å²) in [5, 5.41) is 1.87. The summed E-state index contributed by atoms with van der Waals surface area (Å²) >= 11 is 0. The second kappa shape index (κ2) is 9.24. The predicted molar refractivity (Wildman–Crippen MR) is 137 cm³/mol. The molecule has 0 saturated heterocycles. The SMILES string of the molecule is COC(=O)C12C=C(c3ccccc3)OC(c3cccc4ccccc34)=C1CC(C(=O)OC)(C(=O)OC)C2. The van der Waals surface area contributed by atoms with Crippen molar-refractivity contribution in [1.29, 1.82) is 0 Å².